The minimum atomic E-state index is -0.293. The first-order valence-corrected chi connectivity index (χ1v) is 8.44. The maximum Gasteiger partial charge on any atom is 0.255 e. The van der Waals surface area contributed by atoms with E-state index in [1.807, 2.05) is 13.8 Å². The van der Waals surface area contributed by atoms with Gasteiger partial charge in [0.05, 0.1) is 17.9 Å². The number of rotatable bonds is 8. The topological polar surface area (TPSA) is 76.7 Å². The van der Waals surface area contributed by atoms with Gasteiger partial charge in [-0.05, 0) is 50.2 Å². The molecule has 2 N–H and O–H groups in total. The van der Waals surface area contributed by atoms with Crippen LogP contribution in [0, 0.1) is 0 Å². The van der Waals surface area contributed by atoms with Crippen molar-refractivity contribution in [3.63, 3.8) is 0 Å². The summed E-state index contributed by atoms with van der Waals surface area (Å²) in [5, 5.41) is 5.62. The van der Waals surface area contributed by atoms with E-state index in [0.29, 0.717) is 35.8 Å². The Morgan fingerprint density at radius 1 is 0.962 bits per heavy atom. The number of benzene rings is 2. The Hall–Kier alpha value is -2.86. The van der Waals surface area contributed by atoms with Crippen molar-refractivity contribution in [2.24, 2.45) is 0 Å². The van der Waals surface area contributed by atoms with Crippen molar-refractivity contribution in [1.29, 1.82) is 0 Å². The molecule has 0 radical (unpaired) electrons. The molecule has 2 rings (SSSR count). The smallest absolute Gasteiger partial charge is 0.255 e. The van der Waals surface area contributed by atoms with Crippen LogP contribution in [0.25, 0.3) is 0 Å². The van der Waals surface area contributed by atoms with Crippen molar-refractivity contribution in [2.75, 3.05) is 25.6 Å². The third-order valence-electron chi connectivity index (χ3n) is 3.51. The third-order valence-corrected chi connectivity index (χ3v) is 3.51. The summed E-state index contributed by atoms with van der Waals surface area (Å²) < 4.78 is 10.4. The summed E-state index contributed by atoms with van der Waals surface area (Å²) in [7, 11) is 1.61. The number of nitrogens with one attached hydrogen (secondary N) is 2. The Morgan fingerprint density at radius 2 is 1.65 bits per heavy atom. The Morgan fingerprint density at radius 3 is 2.31 bits per heavy atom. The summed E-state index contributed by atoms with van der Waals surface area (Å²) in [6, 6.07) is 13.7. The standard InChI is InChI=1S/C20H24N2O4/c1-14(2)21-20(24)17-6-4-5-7-18(17)22-19(23)15-8-10-16(11-9-15)26-13-12-25-3/h4-11,14H,12-13H2,1-3H3,(H,21,24)(H,22,23). The number of hydrogen-bond acceptors (Lipinski definition) is 4. The van der Waals surface area contributed by atoms with E-state index in [0.717, 1.165) is 0 Å². The molecule has 2 amide bonds. The number of carbonyl (C=O) groups excluding carboxylic acids is 2. The second kappa shape index (κ2) is 9.58. The van der Waals surface area contributed by atoms with Gasteiger partial charge in [0.25, 0.3) is 11.8 Å². The summed E-state index contributed by atoms with van der Waals surface area (Å²) in [4.78, 5) is 24.8. The molecule has 0 heterocycles. The molecule has 0 atom stereocenters. The molecule has 0 unspecified atom stereocenters. The Labute approximate surface area is 153 Å². The first-order chi connectivity index (χ1) is 12.5. The molecule has 6 heteroatoms. The minimum absolute atomic E-state index is 0.0110. The van der Waals surface area contributed by atoms with Crippen LogP contribution in [0.4, 0.5) is 5.69 Å². The van der Waals surface area contributed by atoms with E-state index in [1.54, 1.807) is 55.6 Å². The molecule has 138 valence electrons. The molecule has 0 saturated heterocycles. The van der Waals surface area contributed by atoms with Crippen molar-refractivity contribution < 1.29 is 19.1 Å². The fourth-order valence-electron chi connectivity index (χ4n) is 2.27. The average molecular weight is 356 g/mol. The van der Waals surface area contributed by atoms with Crippen molar-refractivity contribution in [1.82, 2.24) is 5.32 Å². The number of ether oxygens (including phenoxy) is 2. The number of carbonyl (C=O) groups is 2. The zero-order valence-corrected chi connectivity index (χ0v) is 15.2. The van der Waals surface area contributed by atoms with Gasteiger partial charge >= 0.3 is 0 Å². The van der Waals surface area contributed by atoms with Crippen LogP contribution >= 0.6 is 0 Å². The van der Waals surface area contributed by atoms with Crippen molar-refractivity contribution in [3.8, 4) is 5.75 Å². The second-order valence-electron chi connectivity index (χ2n) is 5.99. The molecule has 0 aliphatic heterocycles. The molecule has 0 aliphatic rings. The fraction of sp³-hybridized carbons (Fsp3) is 0.300. The fourth-order valence-corrected chi connectivity index (χ4v) is 2.27. The largest absolute Gasteiger partial charge is 0.491 e. The highest BCUT2D eigenvalue weighted by Crippen LogP contribution is 2.18. The van der Waals surface area contributed by atoms with Crippen molar-refractivity contribution in [2.45, 2.75) is 19.9 Å². The molecule has 0 aromatic heterocycles. The number of methoxy groups -OCH3 is 1. The van der Waals surface area contributed by atoms with Gasteiger partial charge in [-0.1, -0.05) is 12.1 Å². The zero-order chi connectivity index (χ0) is 18.9. The highest BCUT2D eigenvalue weighted by Gasteiger charge is 2.14. The molecule has 0 aliphatic carbocycles. The lowest BCUT2D eigenvalue weighted by atomic mass is 10.1. The van der Waals surface area contributed by atoms with E-state index < -0.39 is 0 Å². The number of anilines is 1. The van der Waals surface area contributed by atoms with Crippen LogP contribution in [0.3, 0.4) is 0 Å². The van der Waals surface area contributed by atoms with Crippen molar-refractivity contribution in [3.05, 3.63) is 59.7 Å². The summed E-state index contributed by atoms with van der Waals surface area (Å²) >= 11 is 0. The Kier molecular flexibility index (Phi) is 7.17. The molecule has 0 bridgehead atoms. The highest BCUT2D eigenvalue weighted by atomic mass is 16.5. The van der Waals surface area contributed by atoms with Gasteiger partial charge in [0, 0.05) is 18.7 Å². The van der Waals surface area contributed by atoms with E-state index >= 15 is 0 Å². The SMILES string of the molecule is COCCOc1ccc(C(=O)Nc2ccccc2C(=O)NC(C)C)cc1. The highest BCUT2D eigenvalue weighted by molar-refractivity contribution is 6.09. The molecule has 0 fully saturated rings. The van der Waals surface area contributed by atoms with Crippen molar-refractivity contribution >= 4 is 17.5 Å². The van der Waals surface area contributed by atoms with Gasteiger partial charge in [-0.15, -0.1) is 0 Å². The van der Waals surface area contributed by atoms with E-state index in [9.17, 15) is 9.59 Å². The summed E-state index contributed by atoms with van der Waals surface area (Å²) in [5.41, 5.74) is 1.37. The van der Waals surface area contributed by atoms with Crippen LogP contribution in [0.2, 0.25) is 0 Å². The third kappa shape index (κ3) is 5.60. The lowest BCUT2D eigenvalue weighted by Gasteiger charge is -2.13. The quantitative estimate of drug-likeness (QED) is 0.713. The predicted molar refractivity (Wildman–Crippen MR) is 101 cm³/mol. The summed E-state index contributed by atoms with van der Waals surface area (Å²) in [6.07, 6.45) is 0. The maximum absolute atomic E-state index is 12.5. The first kappa shape index (κ1) is 19.5. The van der Waals surface area contributed by atoms with Crippen LogP contribution in [0.15, 0.2) is 48.5 Å². The van der Waals surface area contributed by atoms with Gasteiger partial charge < -0.3 is 20.1 Å². The zero-order valence-electron chi connectivity index (χ0n) is 15.2. The number of para-hydroxylation sites is 1. The van der Waals surface area contributed by atoms with Gasteiger partial charge in [0.15, 0.2) is 0 Å². The molecule has 2 aromatic carbocycles. The Bertz CT molecular complexity index is 742. The van der Waals surface area contributed by atoms with E-state index in [2.05, 4.69) is 10.6 Å². The second-order valence-corrected chi connectivity index (χ2v) is 5.99. The normalized spacial score (nSPS) is 10.5. The van der Waals surface area contributed by atoms with Gasteiger partial charge in [-0.25, -0.2) is 0 Å². The van der Waals surface area contributed by atoms with E-state index in [-0.39, 0.29) is 17.9 Å². The van der Waals surface area contributed by atoms with Gasteiger partial charge in [0.2, 0.25) is 0 Å². The minimum Gasteiger partial charge on any atom is -0.491 e. The summed E-state index contributed by atoms with van der Waals surface area (Å²) in [5.74, 6) is 0.145. The summed E-state index contributed by atoms with van der Waals surface area (Å²) in [6.45, 7) is 4.71. The Balaban J connectivity index is 2.07. The number of amides is 2. The van der Waals surface area contributed by atoms with E-state index in [4.69, 9.17) is 9.47 Å². The molecular weight excluding hydrogens is 332 g/mol. The monoisotopic (exact) mass is 356 g/mol. The van der Waals surface area contributed by atoms with Gasteiger partial charge in [-0.2, -0.15) is 0 Å². The average Bonchev–Trinajstić information content (AvgIpc) is 2.62. The van der Waals surface area contributed by atoms with Crippen LogP contribution in [0.1, 0.15) is 34.6 Å². The molecule has 26 heavy (non-hydrogen) atoms. The van der Waals surface area contributed by atoms with Crippen LogP contribution in [-0.2, 0) is 4.74 Å². The molecule has 0 spiro atoms. The first-order valence-electron chi connectivity index (χ1n) is 8.44. The predicted octanol–water partition coefficient (Wildman–Crippen LogP) is 3.10. The number of hydrogen-bond donors (Lipinski definition) is 2. The maximum atomic E-state index is 12.5. The van der Waals surface area contributed by atoms with Gasteiger partial charge in [-0.3, -0.25) is 9.59 Å². The lowest BCUT2D eigenvalue weighted by molar-refractivity contribution is 0.0944. The molecule has 2 aromatic rings. The van der Waals surface area contributed by atoms with E-state index in [1.165, 1.54) is 0 Å². The lowest BCUT2D eigenvalue weighted by Crippen LogP contribution is -2.31. The molecule has 6 nitrogen and oxygen atoms in total. The molecule has 0 saturated carbocycles. The molecular formula is C20H24N2O4. The van der Waals surface area contributed by atoms with Crippen LogP contribution in [-0.4, -0.2) is 38.2 Å². The van der Waals surface area contributed by atoms with Gasteiger partial charge in [0.1, 0.15) is 12.4 Å². The van der Waals surface area contributed by atoms with Crippen LogP contribution in [0.5, 0.6) is 5.75 Å². The van der Waals surface area contributed by atoms with Crippen LogP contribution < -0.4 is 15.4 Å².